The van der Waals surface area contributed by atoms with Crippen LogP contribution in [0.25, 0.3) is 11.1 Å². The van der Waals surface area contributed by atoms with Gasteiger partial charge in [0, 0.05) is 11.3 Å². The van der Waals surface area contributed by atoms with Gasteiger partial charge in [-0.1, -0.05) is 24.4 Å². The van der Waals surface area contributed by atoms with Crippen molar-refractivity contribution < 1.29 is 29.9 Å². The number of nitriles is 1. The van der Waals surface area contributed by atoms with E-state index in [0.717, 1.165) is 35.2 Å². The molecular formula is C22H24N2O6S. The highest BCUT2D eigenvalue weighted by Crippen LogP contribution is 2.40. The van der Waals surface area contributed by atoms with Crippen LogP contribution in [0.1, 0.15) is 29.5 Å². The average Bonchev–Trinajstić information content (AvgIpc) is 3.27. The second-order valence-electron chi connectivity index (χ2n) is 7.76. The molecule has 4 rings (SSSR count). The molecule has 4 N–H and O–H groups in total. The quantitative estimate of drug-likeness (QED) is 0.519. The van der Waals surface area contributed by atoms with Crippen LogP contribution in [0.4, 0.5) is 0 Å². The summed E-state index contributed by atoms with van der Waals surface area (Å²) in [6.07, 6.45) is -4.45. The van der Waals surface area contributed by atoms with E-state index in [2.05, 4.69) is 6.07 Å². The zero-order chi connectivity index (χ0) is 22.3. The Morgan fingerprint density at radius 2 is 1.87 bits per heavy atom. The minimum atomic E-state index is -1.53. The molecule has 31 heavy (non-hydrogen) atoms. The van der Waals surface area contributed by atoms with Gasteiger partial charge in [-0.2, -0.15) is 5.26 Å². The molecule has 1 aromatic heterocycles. The van der Waals surface area contributed by atoms with E-state index in [9.17, 15) is 25.7 Å². The smallest absolute Gasteiger partial charge is 0.164 e. The molecule has 0 bridgehead atoms. The molecule has 5 atom stereocenters. The number of ether oxygens (including phenoxy) is 2. The zero-order valence-corrected chi connectivity index (χ0v) is 17.7. The number of hydrogen-bond acceptors (Lipinski definition) is 8. The number of fused-ring (bicyclic) bond motifs is 1. The lowest BCUT2D eigenvalue weighted by molar-refractivity contribution is -0.252. The van der Waals surface area contributed by atoms with Crippen LogP contribution in [-0.4, -0.2) is 63.1 Å². The highest BCUT2D eigenvalue weighted by Gasteiger charge is 2.45. The van der Waals surface area contributed by atoms with Crippen molar-refractivity contribution in [2.24, 2.45) is 0 Å². The van der Waals surface area contributed by atoms with Crippen LogP contribution in [0.3, 0.4) is 0 Å². The molecule has 2 heterocycles. The van der Waals surface area contributed by atoms with Gasteiger partial charge in [-0.3, -0.25) is 0 Å². The lowest BCUT2D eigenvalue weighted by Gasteiger charge is -2.41. The molecule has 1 fully saturated rings. The van der Waals surface area contributed by atoms with Crippen molar-refractivity contribution in [3.05, 3.63) is 45.7 Å². The van der Waals surface area contributed by atoms with Gasteiger partial charge < -0.3 is 34.5 Å². The van der Waals surface area contributed by atoms with Crippen molar-refractivity contribution in [3.63, 3.8) is 0 Å². The number of nitrogens with zero attached hydrogens (tertiary/aromatic N) is 2. The summed E-state index contributed by atoms with van der Waals surface area (Å²) in [5, 5.41) is 50.6. The summed E-state index contributed by atoms with van der Waals surface area (Å²) in [6, 6.07) is 9.59. The molecule has 8 nitrogen and oxygen atoms in total. The van der Waals surface area contributed by atoms with Gasteiger partial charge in [0.2, 0.25) is 0 Å². The number of hydrogen-bond donors (Lipinski definition) is 4. The first-order chi connectivity index (χ1) is 14.9. The standard InChI is InChI=1S/C22H24N2O6S/c1-29-12-7-5-11(6-8-12)17-13-3-2-4-15(13)24(22(31)14(17)9-23)21-20(28)19(27)18(26)16(10-25)30-21/h5-8,16,18-21,25-28H,2-4,10H2,1H3/t16-,18-,19+,20-,21-/m1/s1. The van der Waals surface area contributed by atoms with E-state index in [0.29, 0.717) is 12.2 Å². The summed E-state index contributed by atoms with van der Waals surface area (Å²) < 4.78 is 12.7. The summed E-state index contributed by atoms with van der Waals surface area (Å²) in [5.74, 6) is 0.699. The lowest BCUT2D eigenvalue weighted by Crippen LogP contribution is -2.56. The first kappa shape index (κ1) is 21.9. The number of aliphatic hydroxyl groups is 4. The number of pyridine rings is 1. The van der Waals surface area contributed by atoms with Crippen LogP contribution in [-0.2, 0) is 17.6 Å². The maximum atomic E-state index is 10.7. The van der Waals surface area contributed by atoms with Crippen LogP contribution in [0.5, 0.6) is 5.75 Å². The van der Waals surface area contributed by atoms with Crippen LogP contribution in [0.15, 0.2) is 24.3 Å². The van der Waals surface area contributed by atoms with Gasteiger partial charge >= 0.3 is 0 Å². The highest BCUT2D eigenvalue weighted by atomic mass is 32.1. The summed E-state index contributed by atoms with van der Waals surface area (Å²) in [5.41, 5.74) is 3.62. The van der Waals surface area contributed by atoms with Crippen molar-refractivity contribution in [1.82, 2.24) is 4.57 Å². The molecule has 0 radical (unpaired) electrons. The molecule has 2 aromatic rings. The number of rotatable bonds is 4. The number of methoxy groups -OCH3 is 1. The third-order valence-corrected chi connectivity index (χ3v) is 6.48. The fourth-order valence-electron chi connectivity index (χ4n) is 4.51. The van der Waals surface area contributed by atoms with E-state index < -0.39 is 37.3 Å². The summed E-state index contributed by atoms with van der Waals surface area (Å²) in [6.45, 7) is -0.536. The summed E-state index contributed by atoms with van der Waals surface area (Å²) in [4.78, 5) is 0. The van der Waals surface area contributed by atoms with Crippen molar-refractivity contribution in [2.45, 2.75) is 49.9 Å². The summed E-state index contributed by atoms with van der Waals surface area (Å²) >= 11 is 5.66. The fourth-order valence-corrected chi connectivity index (χ4v) is 4.87. The maximum Gasteiger partial charge on any atom is 0.164 e. The molecule has 2 aliphatic rings. The normalized spacial score (nSPS) is 27.5. The van der Waals surface area contributed by atoms with E-state index in [1.165, 1.54) is 0 Å². The Balaban J connectivity index is 1.91. The second-order valence-corrected chi connectivity index (χ2v) is 8.15. The molecule has 0 saturated carbocycles. The van der Waals surface area contributed by atoms with Gasteiger partial charge in [0.05, 0.1) is 19.3 Å². The molecule has 1 aromatic carbocycles. The van der Waals surface area contributed by atoms with Gasteiger partial charge in [0.25, 0.3) is 0 Å². The van der Waals surface area contributed by atoms with Gasteiger partial charge in [0.15, 0.2) is 6.23 Å². The van der Waals surface area contributed by atoms with Gasteiger partial charge in [0.1, 0.15) is 40.9 Å². The largest absolute Gasteiger partial charge is 0.497 e. The molecule has 0 unspecified atom stereocenters. The van der Waals surface area contributed by atoms with Crippen molar-refractivity contribution >= 4 is 12.2 Å². The van der Waals surface area contributed by atoms with E-state index in [1.807, 2.05) is 24.3 Å². The lowest BCUT2D eigenvalue weighted by atomic mass is 9.93. The molecular weight excluding hydrogens is 420 g/mol. The third kappa shape index (κ3) is 3.55. The SMILES string of the molecule is COc1ccc(-c2c3c(n([C@@H]4O[C@H](CO)[C@@H](O)[C@H](O)[C@H]4O)c(=S)c2C#N)CCC3)cc1. The number of aromatic nitrogens is 1. The van der Waals surface area contributed by atoms with Crippen LogP contribution in [0.2, 0.25) is 0 Å². The van der Waals surface area contributed by atoms with E-state index in [1.54, 1.807) is 11.7 Å². The number of aliphatic hydroxyl groups excluding tert-OH is 4. The highest BCUT2D eigenvalue weighted by molar-refractivity contribution is 7.71. The van der Waals surface area contributed by atoms with Crippen LogP contribution < -0.4 is 4.74 Å². The van der Waals surface area contributed by atoms with E-state index in [-0.39, 0.29) is 10.2 Å². The van der Waals surface area contributed by atoms with Crippen LogP contribution >= 0.6 is 12.2 Å². The first-order valence-electron chi connectivity index (χ1n) is 10.1. The molecule has 9 heteroatoms. The Hall–Kier alpha value is -2.32. The van der Waals surface area contributed by atoms with E-state index in [4.69, 9.17) is 21.7 Å². The summed E-state index contributed by atoms with van der Waals surface area (Å²) in [7, 11) is 1.58. The maximum absolute atomic E-state index is 10.7. The Morgan fingerprint density at radius 3 is 2.48 bits per heavy atom. The van der Waals surface area contributed by atoms with Crippen molar-refractivity contribution in [1.29, 1.82) is 5.26 Å². The topological polar surface area (TPSA) is 128 Å². The van der Waals surface area contributed by atoms with Crippen LogP contribution in [0, 0.1) is 16.0 Å². The minimum Gasteiger partial charge on any atom is -0.497 e. The van der Waals surface area contributed by atoms with Gasteiger partial charge in [-0.05, 0) is 42.5 Å². The molecule has 0 amide bonds. The minimum absolute atomic E-state index is 0.179. The first-order valence-corrected chi connectivity index (χ1v) is 10.5. The monoisotopic (exact) mass is 444 g/mol. The second kappa shape index (κ2) is 8.67. The van der Waals surface area contributed by atoms with Crippen molar-refractivity contribution in [3.8, 4) is 22.9 Å². The number of benzene rings is 1. The molecule has 0 spiro atoms. The van der Waals surface area contributed by atoms with Gasteiger partial charge in [-0.25, -0.2) is 0 Å². The Bertz CT molecular complexity index is 1080. The van der Waals surface area contributed by atoms with E-state index >= 15 is 0 Å². The average molecular weight is 445 g/mol. The predicted octanol–water partition coefficient (Wildman–Crippen LogP) is 1.23. The third-order valence-electron chi connectivity index (χ3n) is 6.08. The molecule has 164 valence electrons. The zero-order valence-electron chi connectivity index (χ0n) is 16.9. The Labute approximate surface area is 184 Å². The molecule has 1 aliphatic carbocycles. The predicted molar refractivity (Wildman–Crippen MR) is 113 cm³/mol. The molecule has 1 aliphatic heterocycles. The Kier molecular flexibility index (Phi) is 6.12. The Morgan fingerprint density at radius 1 is 1.16 bits per heavy atom. The fraction of sp³-hybridized carbons (Fsp3) is 0.455. The van der Waals surface area contributed by atoms with Crippen molar-refractivity contribution in [2.75, 3.05) is 13.7 Å². The van der Waals surface area contributed by atoms with Gasteiger partial charge in [-0.15, -0.1) is 0 Å². The molecule has 1 saturated heterocycles.